The molecule has 0 aromatic heterocycles. The number of fused-ring (bicyclic) bond motifs is 16. The van der Waals surface area contributed by atoms with E-state index in [0.717, 1.165) is 24.8 Å². The van der Waals surface area contributed by atoms with Crippen molar-refractivity contribution < 1.29 is 62.7 Å². The van der Waals surface area contributed by atoms with Crippen LogP contribution in [-0.2, 0) is 52.5 Å². The van der Waals surface area contributed by atoms with Crippen molar-refractivity contribution in [3.05, 3.63) is 63.7 Å². The molecule has 1 aromatic rings. The number of nitrogens with zero attached hydrogens (tertiary/aromatic N) is 2. The van der Waals surface area contributed by atoms with Gasteiger partial charge in [-0.05, 0) is 131 Å². The Labute approximate surface area is 454 Å². The molecule has 15 nitrogen and oxygen atoms in total. The maximum Gasteiger partial charge on any atom is 0.329 e. The van der Waals surface area contributed by atoms with Gasteiger partial charge in [0.25, 0.3) is 11.7 Å². The Morgan fingerprint density at radius 1 is 0.827 bits per heavy atom. The van der Waals surface area contributed by atoms with Crippen molar-refractivity contribution in [2.75, 3.05) is 32.9 Å². The van der Waals surface area contributed by atoms with Gasteiger partial charge in [-0.25, -0.2) is 9.86 Å². The molecule has 1 amide bonds. The smallest absolute Gasteiger partial charge is 0.329 e. The van der Waals surface area contributed by atoms with Crippen molar-refractivity contribution in [2.24, 2.45) is 41.4 Å². The van der Waals surface area contributed by atoms with Gasteiger partial charge < -0.3 is 38.8 Å². The summed E-state index contributed by atoms with van der Waals surface area (Å²) < 4.78 is 30.2. The standard InChI is InChI=1S/C58H84Cl2N2O13/c1-32-18-20-40(29-48(32)70-9)27-35(4)50-31-47(63)34(3)26-38(7)53(65)54(72-11)52(64)37(6)25-33(2)45-23-22-42(75-62(45)51-43(59)15-14-16-44(51)60)28-36(5)49(71-10)30-41-21-19-39(8)58(69,74-41)55(66)56(67)61-24-13-12-17-46(61)57(68)73-50/h14-16,22-23,26,28,32-35,37,39-42,45-46,48-50,53-54,65,69H,12-13,17-21,24-25,27,29-31H2,1-11H3/b36-28+,38-26+/t32-,33+,34-,35?,37-,39-,40+,41+,42-,45+,46+,48-,49+,50-,53-,54+,58-/m1/s1. The van der Waals surface area contributed by atoms with Crippen molar-refractivity contribution in [1.82, 2.24) is 4.90 Å². The highest BCUT2D eigenvalue weighted by molar-refractivity contribution is 6.39. The van der Waals surface area contributed by atoms with Gasteiger partial charge in [-0.15, -0.1) is 0 Å². The highest BCUT2D eigenvalue weighted by atomic mass is 35.5. The van der Waals surface area contributed by atoms with Crippen molar-refractivity contribution in [3.8, 4) is 0 Å². The fourth-order valence-electron chi connectivity index (χ4n) is 12.1. The van der Waals surface area contributed by atoms with Gasteiger partial charge in [-0.2, -0.15) is 0 Å². The van der Waals surface area contributed by atoms with Crippen LogP contribution in [0.15, 0.2) is 53.6 Å². The quantitative estimate of drug-likeness (QED) is 0.149. The Bertz CT molecular complexity index is 2250. The summed E-state index contributed by atoms with van der Waals surface area (Å²) in [5.74, 6) is -7.98. The zero-order valence-electron chi connectivity index (χ0n) is 46.0. The number of hydrogen-bond acceptors (Lipinski definition) is 14. The third-order valence-electron chi connectivity index (χ3n) is 17.0. The number of amides is 1. The molecule has 1 unspecified atom stereocenters. The average Bonchev–Trinajstić information content (AvgIpc) is 3.38. The number of Topliss-reactive ketones (excluding diaryl/α,β-unsaturated/α-hetero) is 3. The molecule has 0 spiro atoms. The molecule has 2 N–H and O–H groups in total. The van der Waals surface area contributed by atoms with E-state index >= 15 is 0 Å². The molecular formula is C58H84Cl2N2O13. The zero-order valence-corrected chi connectivity index (χ0v) is 47.5. The molecule has 17 atom stereocenters. The lowest BCUT2D eigenvalue weighted by atomic mass is 9.76. The second kappa shape index (κ2) is 26.9. The number of halogens is 2. The Kier molecular flexibility index (Phi) is 21.8. The predicted octanol–water partition coefficient (Wildman–Crippen LogP) is 9.40. The van der Waals surface area contributed by atoms with Crippen LogP contribution in [0.3, 0.4) is 0 Å². The number of para-hydroxylation sites is 1. The molecule has 0 radical (unpaired) electrons. The van der Waals surface area contributed by atoms with Gasteiger partial charge >= 0.3 is 5.97 Å². The summed E-state index contributed by atoms with van der Waals surface area (Å²) in [5.41, 5.74) is 1.57. The van der Waals surface area contributed by atoms with Crippen molar-refractivity contribution in [1.29, 1.82) is 0 Å². The van der Waals surface area contributed by atoms with Crippen molar-refractivity contribution in [2.45, 2.75) is 193 Å². The van der Waals surface area contributed by atoms with E-state index in [2.05, 4.69) is 6.92 Å². The fraction of sp³-hybridized carbons (Fsp3) is 0.707. The van der Waals surface area contributed by atoms with Crippen LogP contribution < -0.4 is 5.06 Å². The van der Waals surface area contributed by atoms with Gasteiger partial charge in [0.2, 0.25) is 5.79 Å². The van der Waals surface area contributed by atoms with Crippen LogP contribution in [0.4, 0.5) is 5.69 Å². The Hall–Kier alpha value is -3.51. The molecule has 418 valence electrons. The third kappa shape index (κ3) is 14.4. The predicted molar refractivity (Wildman–Crippen MR) is 287 cm³/mol. The molecule has 6 aliphatic rings. The molecular weight excluding hydrogens is 1000 g/mol. The first-order chi connectivity index (χ1) is 35.5. The SMILES string of the molecule is CO[C@H]1C[C@@H]2CC[C@@H](C)[C@@](O)(O2)C(=O)C(=O)N2CCCC[C@H]2C(=O)O[C@@H](C(C)C[C@@H]2CC[C@@H](C)[C@H](OC)C2)CC(=O)[C@H](C)/C=C(\C)[C@@H](O)[C@@H](OC)C(=O)[C@H](C)C[C@H](C)[C@@H]2C=C[C@H](/C=C/1C)ON2c1c(Cl)cccc1Cl. The number of hydroxylamine groups is 1. The minimum atomic E-state index is -2.49. The number of ether oxygens (including phenoxy) is 5. The second-order valence-corrected chi connectivity index (χ2v) is 23.4. The summed E-state index contributed by atoms with van der Waals surface area (Å²) in [7, 11) is 4.65. The first kappa shape index (κ1) is 60.7. The number of benzene rings is 1. The lowest BCUT2D eigenvalue weighted by Crippen LogP contribution is -2.61. The lowest BCUT2D eigenvalue weighted by molar-refractivity contribution is -0.265. The number of anilines is 1. The van der Waals surface area contributed by atoms with E-state index in [1.54, 1.807) is 71.3 Å². The van der Waals surface area contributed by atoms with E-state index in [4.69, 9.17) is 51.7 Å². The van der Waals surface area contributed by atoms with E-state index in [9.17, 15) is 34.2 Å². The van der Waals surface area contributed by atoms with Crippen LogP contribution >= 0.6 is 23.2 Å². The zero-order chi connectivity index (χ0) is 55.1. The normalized spacial score (nSPS) is 38.5. The van der Waals surface area contributed by atoms with Crippen LogP contribution in [0.5, 0.6) is 0 Å². The highest BCUT2D eigenvalue weighted by Gasteiger charge is 2.53. The number of allylic oxidation sites excluding steroid dienone is 1. The Balaban J connectivity index is 1.37. The van der Waals surface area contributed by atoms with Crippen LogP contribution in [-0.4, -0.2) is 133 Å². The molecule has 75 heavy (non-hydrogen) atoms. The minimum absolute atomic E-state index is 0.0798. The van der Waals surface area contributed by atoms with Crippen LogP contribution in [0, 0.1) is 41.4 Å². The van der Waals surface area contributed by atoms with Gasteiger partial charge in [-0.3, -0.25) is 24.0 Å². The number of esters is 1. The number of methoxy groups -OCH3 is 3. The van der Waals surface area contributed by atoms with E-state index in [1.807, 2.05) is 39.0 Å². The third-order valence-corrected chi connectivity index (χ3v) is 17.6. The number of hydrogen-bond donors (Lipinski definition) is 2. The number of ketones is 3. The molecule has 1 aliphatic carbocycles. The monoisotopic (exact) mass is 1090 g/mol. The van der Waals surface area contributed by atoms with Gasteiger partial charge in [0.15, 0.2) is 5.78 Å². The summed E-state index contributed by atoms with van der Waals surface area (Å²) in [6, 6.07) is 3.58. The number of carbonyl (C=O) groups is 5. The first-order valence-corrected chi connectivity index (χ1v) is 28.0. The van der Waals surface area contributed by atoms with Gasteiger partial charge in [0.05, 0.1) is 34.4 Å². The number of rotatable bonds is 7. The van der Waals surface area contributed by atoms with E-state index < -0.39 is 89.9 Å². The molecule has 2 saturated heterocycles. The fourth-order valence-corrected chi connectivity index (χ4v) is 12.7. The summed E-state index contributed by atoms with van der Waals surface area (Å²) in [4.78, 5) is 80.0. The number of aliphatic hydroxyl groups is 2. The Morgan fingerprint density at radius 3 is 2.20 bits per heavy atom. The summed E-state index contributed by atoms with van der Waals surface area (Å²) >= 11 is 13.7. The van der Waals surface area contributed by atoms with Crippen molar-refractivity contribution >= 4 is 58.1 Å². The molecule has 1 saturated carbocycles. The average molecular weight is 1090 g/mol. The lowest BCUT2D eigenvalue weighted by Gasteiger charge is -2.43. The molecule has 7 rings (SSSR count). The molecule has 5 heterocycles. The van der Waals surface area contributed by atoms with Gasteiger partial charge in [0.1, 0.15) is 41.9 Å². The Morgan fingerprint density at radius 2 is 1.53 bits per heavy atom. The summed E-state index contributed by atoms with van der Waals surface area (Å²) in [6.45, 7) is 14.9. The minimum Gasteiger partial charge on any atom is -0.460 e. The number of carbonyl (C=O) groups excluding carboxylic acids is 5. The van der Waals surface area contributed by atoms with Gasteiger partial charge in [-0.1, -0.05) is 89.0 Å². The molecule has 4 bridgehead atoms. The van der Waals surface area contributed by atoms with E-state index in [0.29, 0.717) is 65.7 Å². The molecule has 17 heteroatoms. The highest BCUT2D eigenvalue weighted by Crippen LogP contribution is 2.42. The van der Waals surface area contributed by atoms with E-state index in [-0.39, 0.29) is 61.2 Å². The van der Waals surface area contributed by atoms with Crippen LogP contribution in [0.25, 0.3) is 0 Å². The summed E-state index contributed by atoms with van der Waals surface area (Å²) in [5, 5.41) is 26.3. The first-order valence-electron chi connectivity index (χ1n) is 27.3. The second-order valence-electron chi connectivity index (χ2n) is 22.6. The topological polar surface area (TPSA) is 188 Å². The summed E-state index contributed by atoms with van der Waals surface area (Å²) in [6.07, 6.45) is 8.06. The van der Waals surface area contributed by atoms with Crippen LogP contribution in [0.1, 0.15) is 132 Å². The maximum absolute atomic E-state index is 14.5. The van der Waals surface area contributed by atoms with Crippen LogP contribution in [0.2, 0.25) is 10.0 Å². The largest absolute Gasteiger partial charge is 0.460 e. The van der Waals surface area contributed by atoms with Crippen molar-refractivity contribution in [3.63, 3.8) is 0 Å². The van der Waals surface area contributed by atoms with E-state index in [1.165, 1.54) is 12.0 Å². The molecule has 3 fully saturated rings. The molecule has 1 aromatic carbocycles. The number of piperidine rings is 1. The molecule has 5 aliphatic heterocycles. The van der Waals surface area contributed by atoms with Gasteiger partial charge in [0, 0.05) is 58.5 Å². The number of aliphatic hydroxyl groups excluding tert-OH is 1. The maximum atomic E-state index is 14.5.